The predicted octanol–water partition coefficient (Wildman–Crippen LogP) is 3.75. The average Bonchev–Trinajstić information content (AvgIpc) is 2.61. The fraction of sp³-hybridized carbons (Fsp3) is 0.368. The molecule has 4 nitrogen and oxygen atoms in total. The molecular weight excluding hydrogens is 345 g/mol. The average molecular weight is 366 g/mol. The van der Waals surface area contributed by atoms with Crippen LogP contribution in [0.25, 0.3) is 0 Å². The molecule has 0 radical (unpaired) electrons. The second-order valence-corrected chi connectivity index (χ2v) is 5.89. The minimum Gasteiger partial charge on any atom is -0.362 e. The summed E-state index contributed by atoms with van der Waals surface area (Å²) in [4.78, 5) is 17.8. The van der Waals surface area contributed by atoms with Crippen molar-refractivity contribution in [3.63, 3.8) is 0 Å². The summed E-state index contributed by atoms with van der Waals surface area (Å²) in [6.07, 6.45) is -0.309. The maximum absolute atomic E-state index is 12.4. The van der Waals surface area contributed by atoms with Crippen LogP contribution in [0.5, 0.6) is 0 Å². The summed E-state index contributed by atoms with van der Waals surface area (Å²) in [5.74, 6) is -0.502. The minimum absolute atomic E-state index is 0.248. The van der Waals surface area contributed by atoms with Crippen LogP contribution in [-0.4, -0.2) is 35.2 Å². The summed E-state index contributed by atoms with van der Waals surface area (Å²) >= 11 is 0. The Morgan fingerprint density at radius 2 is 1.73 bits per heavy atom. The van der Waals surface area contributed by atoms with Crippen LogP contribution in [0.1, 0.15) is 23.6 Å². The number of halogens is 3. The van der Waals surface area contributed by atoms with Gasteiger partial charge in [0.1, 0.15) is 13.2 Å². The summed E-state index contributed by atoms with van der Waals surface area (Å²) in [6, 6.07) is 11.3. The first-order valence-electron chi connectivity index (χ1n) is 8.26. The van der Waals surface area contributed by atoms with E-state index in [0.717, 1.165) is 17.5 Å². The fourth-order valence-corrected chi connectivity index (χ4v) is 2.39. The summed E-state index contributed by atoms with van der Waals surface area (Å²) in [5.41, 5.74) is 2.87. The van der Waals surface area contributed by atoms with Crippen molar-refractivity contribution in [2.45, 2.75) is 32.6 Å². The molecule has 2 rings (SSSR count). The van der Waals surface area contributed by atoms with E-state index in [1.807, 2.05) is 37.3 Å². The Kier molecular flexibility index (Phi) is 7.15. The van der Waals surface area contributed by atoms with Crippen LogP contribution in [-0.2, 0) is 29.0 Å². The highest BCUT2D eigenvalue weighted by atomic mass is 19.4. The van der Waals surface area contributed by atoms with Gasteiger partial charge in [-0.25, -0.2) is 0 Å². The third kappa shape index (κ3) is 6.84. The first-order valence-corrected chi connectivity index (χ1v) is 8.26. The van der Waals surface area contributed by atoms with Crippen molar-refractivity contribution in [3.8, 4) is 0 Å². The second kappa shape index (κ2) is 9.33. The van der Waals surface area contributed by atoms with E-state index < -0.39 is 25.3 Å². The van der Waals surface area contributed by atoms with Crippen LogP contribution < -0.4 is 0 Å². The van der Waals surface area contributed by atoms with E-state index in [-0.39, 0.29) is 13.1 Å². The first kappa shape index (κ1) is 19.9. The largest absolute Gasteiger partial charge is 0.411 e. The van der Waals surface area contributed by atoms with Crippen molar-refractivity contribution in [1.82, 2.24) is 9.88 Å². The number of aryl methyl sites for hydroxylation is 1. The number of hydrogen-bond donors (Lipinski definition) is 0. The van der Waals surface area contributed by atoms with Crippen molar-refractivity contribution < 1.29 is 22.7 Å². The number of pyridine rings is 1. The van der Waals surface area contributed by atoms with E-state index in [1.165, 1.54) is 10.5 Å². The van der Waals surface area contributed by atoms with E-state index in [1.54, 1.807) is 18.5 Å². The molecule has 0 aliphatic heterocycles. The first-order chi connectivity index (χ1) is 12.4. The standard InChI is InChI=1S/C19H21F3N2O2/c1-2-15-5-7-16(8-6-15)11-24(12-17-4-3-9-23-10-17)18(25)13-26-14-19(20,21)22/h3-10H,2,11-14H2,1H3. The summed E-state index contributed by atoms with van der Waals surface area (Å²) in [5, 5.41) is 0. The van der Waals surface area contributed by atoms with Gasteiger partial charge in [-0.2, -0.15) is 13.2 Å². The van der Waals surface area contributed by atoms with Crippen LogP contribution in [0.2, 0.25) is 0 Å². The Labute approximate surface area is 150 Å². The van der Waals surface area contributed by atoms with Gasteiger partial charge in [-0.3, -0.25) is 9.78 Å². The molecule has 0 unspecified atom stereocenters. The number of nitrogens with zero attached hydrogens (tertiary/aromatic N) is 2. The van der Waals surface area contributed by atoms with Gasteiger partial charge in [-0.05, 0) is 29.2 Å². The van der Waals surface area contributed by atoms with Crippen LogP contribution in [0.4, 0.5) is 13.2 Å². The molecule has 140 valence electrons. The quantitative estimate of drug-likeness (QED) is 0.715. The molecule has 0 aliphatic rings. The third-order valence-corrected chi connectivity index (χ3v) is 3.74. The van der Waals surface area contributed by atoms with Gasteiger partial charge in [0.05, 0.1) is 0 Å². The lowest BCUT2D eigenvalue weighted by atomic mass is 10.1. The second-order valence-electron chi connectivity index (χ2n) is 5.89. The predicted molar refractivity (Wildman–Crippen MR) is 91.2 cm³/mol. The van der Waals surface area contributed by atoms with E-state index in [2.05, 4.69) is 9.72 Å². The Hall–Kier alpha value is -2.41. The van der Waals surface area contributed by atoms with Gasteiger partial charge in [0.2, 0.25) is 5.91 Å². The Bertz CT molecular complexity index is 688. The van der Waals surface area contributed by atoms with Crippen molar-refractivity contribution >= 4 is 5.91 Å². The summed E-state index contributed by atoms with van der Waals surface area (Å²) in [7, 11) is 0. The number of benzene rings is 1. The molecule has 26 heavy (non-hydrogen) atoms. The molecule has 1 heterocycles. The molecule has 1 aromatic heterocycles. The monoisotopic (exact) mass is 366 g/mol. The van der Waals surface area contributed by atoms with Crippen molar-refractivity contribution in [2.75, 3.05) is 13.2 Å². The topological polar surface area (TPSA) is 42.4 Å². The van der Waals surface area contributed by atoms with Gasteiger partial charge in [-0.15, -0.1) is 0 Å². The molecule has 0 aliphatic carbocycles. The van der Waals surface area contributed by atoms with E-state index >= 15 is 0 Å². The van der Waals surface area contributed by atoms with Gasteiger partial charge < -0.3 is 9.64 Å². The maximum Gasteiger partial charge on any atom is 0.411 e. The van der Waals surface area contributed by atoms with Gasteiger partial charge in [-0.1, -0.05) is 37.3 Å². The molecule has 1 aromatic carbocycles. The lowest BCUT2D eigenvalue weighted by molar-refractivity contribution is -0.178. The normalized spacial score (nSPS) is 11.4. The van der Waals surface area contributed by atoms with E-state index in [0.29, 0.717) is 0 Å². The van der Waals surface area contributed by atoms with Crippen molar-refractivity contribution in [1.29, 1.82) is 0 Å². The molecule has 0 N–H and O–H groups in total. The Morgan fingerprint density at radius 3 is 2.31 bits per heavy atom. The van der Waals surface area contributed by atoms with Gasteiger partial charge in [0.25, 0.3) is 0 Å². The molecule has 1 amide bonds. The number of aromatic nitrogens is 1. The molecule has 0 spiro atoms. The number of carbonyl (C=O) groups is 1. The van der Waals surface area contributed by atoms with Crippen LogP contribution in [0.15, 0.2) is 48.8 Å². The van der Waals surface area contributed by atoms with Gasteiger partial charge >= 0.3 is 6.18 Å². The van der Waals surface area contributed by atoms with E-state index in [4.69, 9.17) is 0 Å². The zero-order valence-corrected chi connectivity index (χ0v) is 14.5. The lowest BCUT2D eigenvalue weighted by Gasteiger charge is -2.23. The van der Waals surface area contributed by atoms with Gasteiger partial charge in [0.15, 0.2) is 0 Å². The highest BCUT2D eigenvalue weighted by molar-refractivity contribution is 5.77. The van der Waals surface area contributed by atoms with Crippen molar-refractivity contribution in [3.05, 3.63) is 65.5 Å². The smallest absolute Gasteiger partial charge is 0.362 e. The number of alkyl halides is 3. The Morgan fingerprint density at radius 1 is 1.08 bits per heavy atom. The third-order valence-electron chi connectivity index (χ3n) is 3.74. The van der Waals surface area contributed by atoms with Crippen LogP contribution in [0.3, 0.4) is 0 Å². The number of carbonyl (C=O) groups excluding carboxylic acids is 1. The lowest BCUT2D eigenvalue weighted by Crippen LogP contribution is -2.34. The SMILES string of the molecule is CCc1ccc(CN(Cc2cccnc2)C(=O)COCC(F)(F)F)cc1. The molecule has 0 saturated carbocycles. The molecule has 7 heteroatoms. The van der Waals surface area contributed by atoms with E-state index in [9.17, 15) is 18.0 Å². The molecule has 0 atom stereocenters. The molecule has 2 aromatic rings. The van der Waals surface area contributed by atoms with Crippen LogP contribution >= 0.6 is 0 Å². The minimum atomic E-state index is -4.45. The van der Waals surface area contributed by atoms with Crippen LogP contribution in [0, 0.1) is 0 Å². The highest BCUT2D eigenvalue weighted by Crippen LogP contribution is 2.15. The van der Waals surface area contributed by atoms with Crippen molar-refractivity contribution in [2.24, 2.45) is 0 Å². The Balaban J connectivity index is 2.05. The fourth-order valence-electron chi connectivity index (χ4n) is 2.39. The maximum atomic E-state index is 12.4. The molecule has 0 saturated heterocycles. The number of rotatable bonds is 8. The summed E-state index contributed by atoms with van der Waals surface area (Å²) in [6.45, 7) is 0.521. The highest BCUT2D eigenvalue weighted by Gasteiger charge is 2.28. The molecule has 0 bridgehead atoms. The zero-order chi connectivity index (χ0) is 19.0. The zero-order valence-electron chi connectivity index (χ0n) is 14.5. The number of hydrogen-bond acceptors (Lipinski definition) is 3. The number of amides is 1. The summed E-state index contributed by atoms with van der Waals surface area (Å²) < 4.78 is 41.2. The number of ether oxygens (including phenoxy) is 1. The van der Waals surface area contributed by atoms with Gasteiger partial charge in [0, 0.05) is 25.5 Å². The molecular formula is C19H21F3N2O2. The molecule has 0 fully saturated rings.